The Kier molecular flexibility index (Phi) is 9.72. The lowest BCUT2D eigenvalue weighted by Gasteiger charge is -2.19. The number of aryl methyl sites for hydroxylation is 3. The Morgan fingerprint density at radius 1 is 1.07 bits per heavy atom. The van der Waals surface area contributed by atoms with Crippen molar-refractivity contribution < 1.29 is 28.3 Å². The molecule has 0 unspecified atom stereocenters. The maximum absolute atomic E-state index is 13.4. The lowest BCUT2D eigenvalue weighted by molar-refractivity contribution is -0.121. The van der Waals surface area contributed by atoms with Gasteiger partial charge in [0.1, 0.15) is 5.76 Å². The number of fused-ring (bicyclic) bond motifs is 3. The van der Waals surface area contributed by atoms with Gasteiger partial charge >= 0.3 is 0 Å². The molecule has 2 amide bonds. The number of amides is 2. The third-order valence-electron chi connectivity index (χ3n) is 7.46. The van der Waals surface area contributed by atoms with Gasteiger partial charge in [-0.2, -0.15) is 0 Å². The van der Waals surface area contributed by atoms with Gasteiger partial charge in [0, 0.05) is 37.6 Å². The van der Waals surface area contributed by atoms with Gasteiger partial charge in [0.2, 0.25) is 23.0 Å². The number of methoxy groups -OCH3 is 3. The fourth-order valence-electron chi connectivity index (χ4n) is 5.36. The molecule has 224 valence electrons. The molecule has 1 atom stereocenters. The van der Waals surface area contributed by atoms with E-state index in [4.69, 9.17) is 18.7 Å². The van der Waals surface area contributed by atoms with Crippen LogP contribution in [0.2, 0.25) is 0 Å². The van der Waals surface area contributed by atoms with E-state index in [9.17, 15) is 14.4 Å². The van der Waals surface area contributed by atoms with Crippen LogP contribution in [-0.2, 0) is 22.6 Å². The highest BCUT2D eigenvalue weighted by molar-refractivity contribution is 5.83. The van der Waals surface area contributed by atoms with Crippen molar-refractivity contribution in [3.8, 4) is 28.4 Å². The Morgan fingerprint density at radius 3 is 2.48 bits per heavy atom. The smallest absolute Gasteiger partial charge is 0.220 e. The Bertz CT molecular complexity index is 1510. The summed E-state index contributed by atoms with van der Waals surface area (Å²) in [5, 5.41) is 13.0. The molecule has 0 aliphatic heterocycles. The van der Waals surface area contributed by atoms with Crippen molar-refractivity contribution in [2.24, 2.45) is 0 Å². The molecule has 3 N–H and O–H groups in total. The largest absolute Gasteiger partial charge is 0.493 e. The number of nitrogens with one attached hydrogen (secondary N) is 3. The van der Waals surface area contributed by atoms with Crippen LogP contribution < -0.4 is 35.6 Å². The highest BCUT2D eigenvalue weighted by Crippen LogP contribution is 2.50. The molecular weight excluding hydrogens is 540 g/mol. The highest BCUT2D eigenvalue weighted by Gasteiger charge is 2.29. The zero-order valence-corrected chi connectivity index (χ0v) is 24.9. The summed E-state index contributed by atoms with van der Waals surface area (Å²) in [6.07, 6.45) is 2.00. The number of ether oxygens (including phenoxy) is 3. The van der Waals surface area contributed by atoms with Crippen LogP contribution in [0.25, 0.3) is 11.1 Å². The first kappa shape index (κ1) is 30.4. The molecular formula is C31H38N4O7. The Morgan fingerprint density at radius 2 is 1.83 bits per heavy atom. The molecule has 2 aromatic carbocycles. The Balaban J connectivity index is 1.59. The van der Waals surface area contributed by atoms with Gasteiger partial charge in [-0.25, -0.2) is 0 Å². The third kappa shape index (κ3) is 6.50. The SMILES string of the molecule is COc1cc2c(c(OC)c1OC)-c1ccc(NCCCC(=O)NCc3c(C)noc3C)c(=O)cc1[C@@H](NC(C)=O)CC2. The number of hydrogen-bond donors (Lipinski definition) is 3. The zero-order valence-electron chi connectivity index (χ0n) is 24.9. The molecule has 4 rings (SSSR count). The van der Waals surface area contributed by atoms with E-state index in [1.165, 1.54) is 6.92 Å². The van der Waals surface area contributed by atoms with Crippen molar-refractivity contribution in [3.63, 3.8) is 0 Å². The number of aromatic nitrogens is 1. The molecule has 0 fully saturated rings. The van der Waals surface area contributed by atoms with E-state index in [1.807, 2.05) is 26.0 Å². The van der Waals surface area contributed by atoms with Crippen molar-refractivity contribution in [1.82, 2.24) is 15.8 Å². The highest BCUT2D eigenvalue weighted by atomic mass is 16.5. The van der Waals surface area contributed by atoms with Crippen LogP contribution in [0.4, 0.5) is 5.69 Å². The van der Waals surface area contributed by atoms with Crippen LogP contribution in [0, 0.1) is 13.8 Å². The first-order valence-electron chi connectivity index (χ1n) is 13.9. The van der Waals surface area contributed by atoms with E-state index in [0.717, 1.165) is 27.9 Å². The van der Waals surface area contributed by atoms with Crippen molar-refractivity contribution in [2.75, 3.05) is 33.2 Å². The second-order valence-electron chi connectivity index (χ2n) is 10.2. The molecule has 11 heteroatoms. The van der Waals surface area contributed by atoms with Gasteiger partial charge in [-0.3, -0.25) is 14.4 Å². The average molecular weight is 579 g/mol. The molecule has 1 aliphatic carbocycles. The predicted molar refractivity (Wildman–Crippen MR) is 158 cm³/mol. The Hall–Kier alpha value is -4.54. The summed E-state index contributed by atoms with van der Waals surface area (Å²) in [6.45, 7) is 5.88. The van der Waals surface area contributed by atoms with E-state index in [0.29, 0.717) is 66.6 Å². The van der Waals surface area contributed by atoms with Gasteiger partial charge in [0.05, 0.1) is 38.8 Å². The maximum atomic E-state index is 13.4. The molecule has 1 heterocycles. The zero-order chi connectivity index (χ0) is 30.4. The van der Waals surface area contributed by atoms with Gasteiger partial charge in [-0.1, -0.05) is 11.2 Å². The van der Waals surface area contributed by atoms with Crippen LogP contribution in [0.3, 0.4) is 0 Å². The normalized spacial score (nSPS) is 13.7. The molecule has 0 bridgehead atoms. The average Bonchev–Trinajstić information content (AvgIpc) is 3.11. The third-order valence-corrected chi connectivity index (χ3v) is 7.46. The number of carbonyl (C=O) groups is 2. The van der Waals surface area contributed by atoms with Crippen LogP contribution in [0.15, 0.2) is 33.6 Å². The Labute approximate surface area is 244 Å². The van der Waals surface area contributed by atoms with Gasteiger partial charge in [-0.05, 0) is 68.0 Å². The van der Waals surface area contributed by atoms with Crippen LogP contribution in [0.1, 0.15) is 60.4 Å². The summed E-state index contributed by atoms with van der Waals surface area (Å²) in [4.78, 5) is 37.9. The number of nitrogens with zero attached hydrogens (tertiary/aromatic N) is 1. The monoisotopic (exact) mass is 578 g/mol. The first-order valence-corrected chi connectivity index (χ1v) is 13.9. The number of rotatable bonds is 11. The summed E-state index contributed by atoms with van der Waals surface area (Å²) in [5.41, 5.74) is 4.98. The predicted octanol–water partition coefficient (Wildman–Crippen LogP) is 3.98. The fraction of sp³-hybridized carbons (Fsp3) is 0.419. The summed E-state index contributed by atoms with van der Waals surface area (Å²) >= 11 is 0. The van der Waals surface area contributed by atoms with Crippen molar-refractivity contribution in [2.45, 2.75) is 59.0 Å². The quantitative estimate of drug-likeness (QED) is 0.288. The van der Waals surface area contributed by atoms with Gasteiger partial charge in [0.15, 0.2) is 11.5 Å². The molecule has 0 spiro atoms. The molecule has 11 nitrogen and oxygen atoms in total. The van der Waals surface area contributed by atoms with Crippen LogP contribution in [0.5, 0.6) is 17.2 Å². The summed E-state index contributed by atoms with van der Waals surface area (Å²) in [7, 11) is 4.68. The number of anilines is 1. The van der Waals surface area contributed by atoms with E-state index >= 15 is 0 Å². The van der Waals surface area contributed by atoms with Crippen molar-refractivity contribution in [3.05, 3.63) is 62.6 Å². The van der Waals surface area contributed by atoms with E-state index in [1.54, 1.807) is 33.5 Å². The minimum absolute atomic E-state index is 0.101. The second-order valence-corrected chi connectivity index (χ2v) is 10.2. The number of benzene rings is 1. The van der Waals surface area contributed by atoms with E-state index in [-0.39, 0.29) is 29.7 Å². The summed E-state index contributed by atoms with van der Waals surface area (Å²) in [5.74, 6) is 1.87. The molecule has 0 saturated carbocycles. The summed E-state index contributed by atoms with van der Waals surface area (Å²) in [6, 6.07) is 6.69. The lowest BCUT2D eigenvalue weighted by atomic mass is 9.95. The van der Waals surface area contributed by atoms with E-state index in [2.05, 4.69) is 21.1 Å². The standard InChI is InChI=1S/C31H38N4O7/c1-17-23(18(2)42-35-17)16-33-28(38)8-7-13-32-25-12-10-21-22(15-26(25)37)24(34-19(3)36)11-9-20-14-27(39-4)30(40-5)31(41-6)29(20)21/h10,12,14-15,24H,7-9,11,13,16H2,1-6H3,(H,32,37)(H,33,38)(H,34,36)/t24-/m0/s1. The van der Waals surface area contributed by atoms with E-state index < -0.39 is 0 Å². The fourth-order valence-corrected chi connectivity index (χ4v) is 5.36. The minimum Gasteiger partial charge on any atom is -0.493 e. The lowest BCUT2D eigenvalue weighted by Crippen LogP contribution is -2.26. The molecule has 0 radical (unpaired) electrons. The molecule has 0 saturated heterocycles. The molecule has 1 aromatic heterocycles. The first-order chi connectivity index (χ1) is 20.2. The van der Waals surface area contributed by atoms with Crippen molar-refractivity contribution >= 4 is 17.5 Å². The second kappa shape index (κ2) is 13.4. The molecule has 42 heavy (non-hydrogen) atoms. The van der Waals surface area contributed by atoms with Gasteiger partial charge in [-0.15, -0.1) is 0 Å². The summed E-state index contributed by atoms with van der Waals surface area (Å²) < 4.78 is 22.2. The molecule has 1 aliphatic rings. The van der Waals surface area contributed by atoms with Gasteiger partial charge in [0.25, 0.3) is 0 Å². The maximum Gasteiger partial charge on any atom is 0.220 e. The minimum atomic E-state index is -0.388. The topological polar surface area (TPSA) is 141 Å². The van der Waals surface area contributed by atoms with Crippen molar-refractivity contribution in [1.29, 1.82) is 0 Å². The number of carbonyl (C=O) groups excluding carboxylic acids is 2. The molecule has 3 aromatic rings. The van der Waals surface area contributed by atoms with Crippen LogP contribution >= 0.6 is 0 Å². The van der Waals surface area contributed by atoms with Crippen LogP contribution in [-0.4, -0.2) is 44.8 Å². The van der Waals surface area contributed by atoms with Gasteiger partial charge < -0.3 is 34.7 Å². The number of hydrogen-bond acceptors (Lipinski definition) is 9.